The molecule has 0 aliphatic carbocycles. The van der Waals surface area contributed by atoms with E-state index in [1.54, 1.807) is 31.2 Å². The first-order chi connectivity index (χ1) is 13.5. The van der Waals surface area contributed by atoms with E-state index in [1.807, 2.05) is 0 Å². The van der Waals surface area contributed by atoms with E-state index >= 15 is 0 Å². The first-order valence-corrected chi connectivity index (χ1v) is 10.0. The van der Waals surface area contributed by atoms with Gasteiger partial charge in [0.2, 0.25) is 5.91 Å². The third kappa shape index (κ3) is 5.57. The molecule has 1 aliphatic rings. The predicted octanol–water partition coefficient (Wildman–Crippen LogP) is 3.02. The van der Waals surface area contributed by atoms with Gasteiger partial charge >= 0.3 is 0 Å². The van der Waals surface area contributed by atoms with Crippen molar-refractivity contribution < 1.29 is 9.59 Å². The SMILES string of the molecule is CC(NC(=O)c1ccc(Cl)cc1)C(=O)NCCCN1CCc2ccccc2C1. The third-order valence-corrected chi connectivity index (χ3v) is 5.26. The van der Waals surface area contributed by atoms with Gasteiger partial charge in [-0.15, -0.1) is 0 Å². The molecule has 0 saturated carbocycles. The molecule has 2 aromatic rings. The number of amides is 2. The average molecular weight is 400 g/mol. The second kappa shape index (κ2) is 9.71. The average Bonchev–Trinajstić information content (AvgIpc) is 2.71. The molecule has 2 N–H and O–H groups in total. The van der Waals surface area contributed by atoms with Crippen LogP contribution in [0.2, 0.25) is 5.02 Å². The maximum atomic E-state index is 12.2. The van der Waals surface area contributed by atoms with E-state index in [0.717, 1.165) is 32.5 Å². The highest BCUT2D eigenvalue weighted by molar-refractivity contribution is 6.30. The van der Waals surface area contributed by atoms with Crippen molar-refractivity contribution in [2.45, 2.75) is 32.4 Å². The molecule has 0 saturated heterocycles. The smallest absolute Gasteiger partial charge is 0.251 e. The van der Waals surface area contributed by atoms with Crippen LogP contribution >= 0.6 is 11.6 Å². The molecule has 2 amide bonds. The summed E-state index contributed by atoms with van der Waals surface area (Å²) in [7, 11) is 0. The Hall–Kier alpha value is -2.37. The summed E-state index contributed by atoms with van der Waals surface area (Å²) in [5.41, 5.74) is 3.32. The van der Waals surface area contributed by atoms with Crippen LogP contribution in [0.4, 0.5) is 0 Å². The monoisotopic (exact) mass is 399 g/mol. The molecule has 148 valence electrons. The molecule has 6 heteroatoms. The van der Waals surface area contributed by atoms with E-state index in [0.29, 0.717) is 17.1 Å². The van der Waals surface area contributed by atoms with Crippen LogP contribution in [0, 0.1) is 0 Å². The van der Waals surface area contributed by atoms with Crippen molar-refractivity contribution in [1.82, 2.24) is 15.5 Å². The first-order valence-electron chi connectivity index (χ1n) is 9.66. The highest BCUT2D eigenvalue weighted by atomic mass is 35.5. The summed E-state index contributed by atoms with van der Waals surface area (Å²) in [6.45, 7) is 5.25. The molecule has 0 aromatic heterocycles. The second-order valence-electron chi connectivity index (χ2n) is 7.14. The largest absolute Gasteiger partial charge is 0.354 e. The second-order valence-corrected chi connectivity index (χ2v) is 7.58. The molecule has 0 bridgehead atoms. The fourth-order valence-corrected chi connectivity index (χ4v) is 3.49. The Kier molecular flexibility index (Phi) is 7.06. The standard InChI is InChI=1S/C22H26ClN3O2/c1-16(25-22(28)18-7-9-20(23)10-8-18)21(27)24-12-4-13-26-14-11-17-5-2-3-6-19(17)15-26/h2-3,5-10,16H,4,11-15H2,1H3,(H,24,27)(H,25,28). The Balaban J connectivity index is 1.36. The molecule has 28 heavy (non-hydrogen) atoms. The number of hydrogen-bond acceptors (Lipinski definition) is 3. The van der Waals surface area contributed by atoms with E-state index < -0.39 is 6.04 Å². The predicted molar refractivity (Wildman–Crippen MR) is 111 cm³/mol. The number of benzene rings is 2. The number of nitrogens with zero attached hydrogens (tertiary/aromatic N) is 1. The van der Waals surface area contributed by atoms with Gasteiger partial charge in [0.15, 0.2) is 0 Å². The highest BCUT2D eigenvalue weighted by Gasteiger charge is 2.17. The molecular weight excluding hydrogens is 374 g/mol. The highest BCUT2D eigenvalue weighted by Crippen LogP contribution is 2.18. The van der Waals surface area contributed by atoms with E-state index in [2.05, 4.69) is 39.8 Å². The lowest BCUT2D eigenvalue weighted by Gasteiger charge is -2.28. The summed E-state index contributed by atoms with van der Waals surface area (Å²) in [6, 6.07) is 14.6. The van der Waals surface area contributed by atoms with Crippen LogP contribution in [0.1, 0.15) is 34.8 Å². The minimum atomic E-state index is -0.593. The molecule has 0 radical (unpaired) electrons. The van der Waals surface area contributed by atoms with Gasteiger partial charge in [-0.1, -0.05) is 35.9 Å². The first kappa shape index (κ1) is 20.4. The van der Waals surface area contributed by atoms with Gasteiger partial charge in [-0.25, -0.2) is 0 Å². The van der Waals surface area contributed by atoms with E-state index in [1.165, 1.54) is 11.1 Å². The Labute approximate surface area is 171 Å². The van der Waals surface area contributed by atoms with Crippen LogP contribution < -0.4 is 10.6 Å². The van der Waals surface area contributed by atoms with E-state index in [9.17, 15) is 9.59 Å². The van der Waals surface area contributed by atoms with Crippen molar-refractivity contribution in [2.75, 3.05) is 19.6 Å². The summed E-state index contributed by atoms with van der Waals surface area (Å²) in [5, 5.41) is 6.19. The molecule has 1 atom stereocenters. The Morgan fingerprint density at radius 2 is 1.82 bits per heavy atom. The minimum absolute atomic E-state index is 0.175. The van der Waals surface area contributed by atoms with Gasteiger partial charge in [-0.2, -0.15) is 0 Å². The van der Waals surface area contributed by atoms with Crippen LogP contribution in [0.3, 0.4) is 0 Å². The summed E-state index contributed by atoms with van der Waals surface area (Å²) in [4.78, 5) is 26.8. The van der Waals surface area contributed by atoms with Crippen molar-refractivity contribution >= 4 is 23.4 Å². The lowest BCUT2D eigenvalue weighted by atomic mass is 10.00. The van der Waals surface area contributed by atoms with E-state index in [4.69, 9.17) is 11.6 Å². The number of nitrogens with one attached hydrogen (secondary N) is 2. The number of hydrogen-bond donors (Lipinski definition) is 2. The van der Waals surface area contributed by atoms with Crippen molar-refractivity contribution in [3.8, 4) is 0 Å². The van der Waals surface area contributed by atoms with Gasteiger partial charge in [-0.3, -0.25) is 14.5 Å². The topological polar surface area (TPSA) is 61.4 Å². The Morgan fingerprint density at radius 1 is 1.11 bits per heavy atom. The van der Waals surface area contributed by atoms with Gasteiger partial charge < -0.3 is 10.6 Å². The maximum absolute atomic E-state index is 12.2. The van der Waals surface area contributed by atoms with Crippen molar-refractivity contribution in [2.24, 2.45) is 0 Å². The van der Waals surface area contributed by atoms with E-state index in [-0.39, 0.29) is 11.8 Å². The number of carbonyl (C=O) groups excluding carboxylic acids is 2. The van der Waals surface area contributed by atoms with Crippen molar-refractivity contribution in [1.29, 1.82) is 0 Å². The van der Waals surface area contributed by atoms with Gasteiger partial charge in [0.25, 0.3) is 5.91 Å². The molecule has 1 aliphatic heterocycles. The fraction of sp³-hybridized carbons (Fsp3) is 0.364. The van der Waals surface area contributed by atoms with Crippen molar-refractivity contribution in [3.63, 3.8) is 0 Å². The molecule has 2 aromatic carbocycles. The van der Waals surface area contributed by atoms with Gasteiger partial charge in [-0.05, 0) is 55.2 Å². The van der Waals surface area contributed by atoms with Gasteiger partial charge in [0, 0.05) is 36.8 Å². The lowest BCUT2D eigenvalue weighted by Crippen LogP contribution is -2.45. The maximum Gasteiger partial charge on any atom is 0.251 e. The van der Waals surface area contributed by atoms with Crippen LogP contribution in [0.15, 0.2) is 48.5 Å². The molecule has 0 spiro atoms. The third-order valence-electron chi connectivity index (χ3n) is 5.01. The van der Waals surface area contributed by atoms with Gasteiger partial charge in [0.1, 0.15) is 6.04 Å². The Bertz CT molecular complexity index is 823. The number of fused-ring (bicyclic) bond motifs is 1. The summed E-state index contributed by atoms with van der Waals surface area (Å²) in [5.74, 6) is -0.461. The molecule has 1 unspecified atom stereocenters. The molecule has 0 fully saturated rings. The quantitative estimate of drug-likeness (QED) is 0.703. The van der Waals surface area contributed by atoms with Crippen LogP contribution in [-0.4, -0.2) is 42.4 Å². The Morgan fingerprint density at radius 3 is 2.57 bits per heavy atom. The zero-order valence-electron chi connectivity index (χ0n) is 16.1. The minimum Gasteiger partial charge on any atom is -0.354 e. The zero-order valence-corrected chi connectivity index (χ0v) is 16.8. The van der Waals surface area contributed by atoms with Gasteiger partial charge in [0.05, 0.1) is 0 Å². The molecule has 5 nitrogen and oxygen atoms in total. The summed E-state index contributed by atoms with van der Waals surface area (Å²) in [6.07, 6.45) is 1.96. The summed E-state index contributed by atoms with van der Waals surface area (Å²) < 4.78 is 0. The summed E-state index contributed by atoms with van der Waals surface area (Å²) >= 11 is 5.83. The van der Waals surface area contributed by atoms with Crippen LogP contribution in [-0.2, 0) is 17.8 Å². The van der Waals surface area contributed by atoms with Crippen LogP contribution in [0.5, 0.6) is 0 Å². The van der Waals surface area contributed by atoms with Crippen LogP contribution in [0.25, 0.3) is 0 Å². The number of rotatable bonds is 7. The molecule has 3 rings (SSSR count). The van der Waals surface area contributed by atoms with Crippen molar-refractivity contribution in [3.05, 3.63) is 70.2 Å². The lowest BCUT2D eigenvalue weighted by molar-refractivity contribution is -0.122. The molecular formula is C22H26ClN3O2. The number of carbonyl (C=O) groups is 2. The normalized spacial score (nSPS) is 14.8. The number of halogens is 1. The molecule has 1 heterocycles. The zero-order chi connectivity index (χ0) is 19.9. The fourth-order valence-electron chi connectivity index (χ4n) is 3.36.